The minimum Gasteiger partial charge on any atom is -0.481 e. The number of ether oxygens (including phenoxy) is 2. The lowest BCUT2D eigenvalue weighted by Crippen LogP contribution is -2.47. The molecule has 3 unspecified atom stereocenters. The van der Waals surface area contributed by atoms with Crippen molar-refractivity contribution in [2.24, 2.45) is 17.8 Å². The highest BCUT2D eigenvalue weighted by Gasteiger charge is 2.42. The summed E-state index contributed by atoms with van der Waals surface area (Å²) in [4.78, 5) is 26.7. The summed E-state index contributed by atoms with van der Waals surface area (Å²) in [6, 6.07) is 10.0. The first kappa shape index (κ1) is 19.4. The van der Waals surface area contributed by atoms with Crippen molar-refractivity contribution in [3.63, 3.8) is 0 Å². The Balaban J connectivity index is 1.38. The first-order valence-electron chi connectivity index (χ1n) is 10.4. The summed E-state index contributed by atoms with van der Waals surface area (Å²) in [5.41, 5.74) is 1.07. The second kappa shape index (κ2) is 8.62. The molecule has 4 rings (SSSR count). The van der Waals surface area contributed by atoms with Crippen molar-refractivity contribution >= 4 is 11.9 Å². The maximum Gasteiger partial charge on any atom is 0.309 e. The molecule has 1 N–H and O–H groups in total. The SMILES string of the molecule is O=C(O)C1CCO[C@H]1C1CCN(C(=O)C2CCCOC2c2ccccc2)CC1. The molecule has 0 saturated carbocycles. The van der Waals surface area contributed by atoms with Gasteiger partial charge in [-0.05, 0) is 43.6 Å². The van der Waals surface area contributed by atoms with Gasteiger partial charge in [0, 0.05) is 26.3 Å². The van der Waals surface area contributed by atoms with E-state index < -0.39 is 11.9 Å². The molecule has 0 spiro atoms. The molecule has 0 aliphatic carbocycles. The number of likely N-dealkylation sites (tertiary alicyclic amines) is 1. The van der Waals surface area contributed by atoms with Crippen LogP contribution in [0.2, 0.25) is 0 Å². The summed E-state index contributed by atoms with van der Waals surface area (Å²) >= 11 is 0. The summed E-state index contributed by atoms with van der Waals surface area (Å²) in [7, 11) is 0. The molecule has 3 aliphatic rings. The third-order valence-electron chi connectivity index (χ3n) is 6.54. The number of aliphatic carboxylic acids is 1. The first-order valence-corrected chi connectivity index (χ1v) is 10.4. The van der Waals surface area contributed by atoms with Crippen LogP contribution < -0.4 is 0 Å². The van der Waals surface area contributed by atoms with E-state index in [0.717, 1.165) is 31.2 Å². The van der Waals surface area contributed by atoms with Crippen LogP contribution in [0.25, 0.3) is 0 Å². The molecule has 3 aliphatic heterocycles. The Labute approximate surface area is 165 Å². The zero-order valence-corrected chi connectivity index (χ0v) is 16.2. The molecule has 3 heterocycles. The molecular formula is C22H29NO5. The van der Waals surface area contributed by atoms with Crippen LogP contribution in [0.3, 0.4) is 0 Å². The summed E-state index contributed by atoms with van der Waals surface area (Å²) in [6.45, 7) is 2.57. The number of hydrogen-bond donors (Lipinski definition) is 1. The maximum absolute atomic E-state index is 13.3. The van der Waals surface area contributed by atoms with E-state index in [9.17, 15) is 14.7 Å². The lowest BCUT2D eigenvalue weighted by atomic mass is 9.83. The van der Waals surface area contributed by atoms with Gasteiger partial charge in [-0.3, -0.25) is 9.59 Å². The Bertz CT molecular complexity index is 685. The highest BCUT2D eigenvalue weighted by atomic mass is 16.5. The fourth-order valence-corrected chi connectivity index (χ4v) is 5.03. The third-order valence-corrected chi connectivity index (χ3v) is 6.54. The van der Waals surface area contributed by atoms with Crippen LogP contribution in [-0.4, -0.2) is 54.3 Å². The van der Waals surface area contributed by atoms with Gasteiger partial charge in [-0.1, -0.05) is 30.3 Å². The van der Waals surface area contributed by atoms with E-state index in [1.165, 1.54) is 0 Å². The summed E-state index contributed by atoms with van der Waals surface area (Å²) in [6.07, 6.45) is 3.60. The number of piperidine rings is 1. The fourth-order valence-electron chi connectivity index (χ4n) is 5.03. The van der Waals surface area contributed by atoms with Gasteiger partial charge in [0.15, 0.2) is 0 Å². The second-order valence-electron chi connectivity index (χ2n) is 8.18. The topological polar surface area (TPSA) is 76.1 Å². The van der Waals surface area contributed by atoms with Crippen molar-refractivity contribution in [3.8, 4) is 0 Å². The summed E-state index contributed by atoms with van der Waals surface area (Å²) in [5.74, 6) is -0.899. The number of carbonyl (C=O) groups excluding carboxylic acids is 1. The molecule has 28 heavy (non-hydrogen) atoms. The number of carboxylic acid groups (broad SMARTS) is 1. The molecule has 0 aromatic heterocycles. The van der Waals surface area contributed by atoms with Crippen LogP contribution in [0.15, 0.2) is 30.3 Å². The molecule has 4 atom stereocenters. The molecule has 6 heteroatoms. The number of rotatable bonds is 4. The average molecular weight is 387 g/mol. The Kier molecular flexibility index (Phi) is 5.97. The summed E-state index contributed by atoms with van der Waals surface area (Å²) in [5, 5.41) is 9.40. The number of hydrogen-bond acceptors (Lipinski definition) is 4. The van der Waals surface area contributed by atoms with Gasteiger partial charge >= 0.3 is 5.97 Å². The van der Waals surface area contributed by atoms with E-state index in [4.69, 9.17) is 9.47 Å². The van der Waals surface area contributed by atoms with E-state index in [-0.39, 0.29) is 30.0 Å². The molecule has 0 bridgehead atoms. The van der Waals surface area contributed by atoms with E-state index >= 15 is 0 Å². The van der Waals surface area contributed by atoms with Crippen molar-refractivity contribution < 1.29 is 24.2 Å². The molecule has 1 amide bonds. The second-order valence-corrected chi connectivity index (χ2v) is 8.18. The number of carbonyl (C=O) groups is 2. The van der Waals surface area contributed by atoms with Gasteiger partial charge in [0.2, 0.25) is 5.91 Å². The molecule has 1 aromatic rings. The standard InChI is InChI=1S/C22H29NO5/c24-21(17-7-4-13-27-19(17)15-5-2-1-3-6-15)23-11-8-16(9-12-23)20-18(22(25)26)10-14-28-20/h1-3,5-6,16-20H,4,7-14H2,(H,25,26)/t17?,18?,19?,20-/m0/s1. The van der Waals surface area contributed by atoms with Gasteiger partial charge in [-0.2, -0.15) is 0 Å². The Morgan fingerprint density at radius 2 is 1.68 bits per heavy atom. The van der Waals surface area contributed by atoms with Crippen LogP contribution in [0.4, 0.5) is 0 Å². The van der Waals surface area contributed by atoms with Crippen LogP contribution >= 0.6 is 0 Å². The van der Waals surface area contributed by atoms with E-state index in [2.05, 4.69) is 0 Å². The molecule has 3 fully saturated rings. The van der Waals surface area contributed by atoms with Crippen LogP contribution in [0.5, 0.6) is 0 Å². The van der Waals surface area contributed by atoms with Gasteiger partial charge < -0.3 is 19.5 Å². The van der Waals surface area contributed by atoms with Crippen LogP contribution in [0, 0.1) is 17.8 Å². The number of nitrogens with zero attached hydrogens (tertiary/aromatic N) is 1. The van der Waals surface area contributed by atoms with Crippen molar-refractivity contribution in [1.82, 2.24) is 4.90 Å². The minimum absolute atomic E-state index is 0.137. The summed E-state index contributed by atoms with van der Waals surface area (Å²) < 4.78 is 11.7. The largest absolute Gasteiger partial charge is 0.481 e. The lowest BCUT2D eigenvalue weighted by Gasteiger charge is -2.39. The van der Waals surface area contributed by atoms with Crippen molar-refractivity contribution in [1.29, 1.82) is 0 Å². The van der Waals surface area contributed by atoms with Gasteiger partial charge in [0.1, 0.15) is 0 Å². The molecular weight excluding hydrogens is 358 g/mol. The molecule has 1 aromatic carbocycles. The smallest absolute Gasteiger partial charge is 0.309 e. The predicted molar refractivity (Wildman–Crippen MR) is 103 cm³/mol. The third kappa shape index (κ3) is 3.94. The number of benzene rings is 1. The molecule has 3 saturated heterocycles. The van der Waals surface area contributed by atoms with Gasteiger partial charge in [0.05, 0.1) is 24.0 Å². The Morgan fingerprint density at radius 1 is 0.929 bits per heavy atom. The number of carboxylic acids is 1. The van der Waals surface area contributed by atoms with Gasteiger partial charge in [0.25, 0.3) is 0 Å². The van der Waals surface area contributed by atoms with E-state index in [1.54, 1.807) is 0 Å². The monoisotopic (exact) mass is 387 g/mol. The molecule has 152 valence electrons. The van der Waals surface area contributed by atoms with E-state index in [0.29, 0.717) is 32.7 Å². The average Bonchev–Trinajstić information content (AvgIpc) is 3.24. The van der Waals surface area contributed by atoms with Gasteiger partial charge in [-0.15, -0.1) is 0 Å². The minimum atomic E-state index is -0.758. The van der Waals surface area contributed by atoms with Crippen molar-refractivity contribution in [2.45, 2.75) is 44.3 Å². The van der Waals surface area contributed by atoms with Crippen molar-refractivity contribution in [3.05, 3.63) is 35.9 Å². The molecule has 0 radical (unpaired) electrons. The normalized spacial score (nSPS) is 31.6. The number of amides is 1. The zero-order valence-electron chi connectivity index (χ0n) is 16.2. The van der Waals surface area contributed by atoms with Crippen LogP contribution in [0.1, 0.15) is 43.8 Å². The first-order chi connectivity index (χ1) is 13.6. The van der Waals surface area contributed by atoms with Crippen LogP contribution in [-0.2, 0) is 19.1 Å². The zero-order chi connectivity index (χ0) is 19.5. The van der Waals surface area contributed by atoms with Gasteiger partial charge in [-0.25, -0.2) is 0 Å². The van der Waals surface area contributed by atoms with Crippen molar-refractivity contribution in [2.75, 3.05) is 26.3 Å². The molecule has 6 nitrogen and oxygen atoms in total. The maximum atomic E-state index is 13.3. The Hall–Kier alpha value is -1.92. The fraction of sp³-hybridized carbons (Fsp3) is 0.636. The quantitative estimate of drug-likeness (QED) is 0.860. The highest BCUT2D eigenvalue weighted by Crippen LogP contribution is 2.37. The lowest BCUT2D eigenvalue weighted by molar-refractivity contribution is -0.150. The predicted octanol–water partition coefficient (Wildman–Crippen LogP) is 2.88. The highest BCUT2D eigenvalue weighted by molar-refractivity contribution is 5.80. The van der Waals surface area contributed by atoms with E-state index in [1.807, 2.05) is 35.2 Å². The Morgan fingerprint density at radius 3 is 2.39 bits per heavy atom.